The van der Waals surface area contributed by atoms with Gasteiger partial charge in [0.15, 0.2) is 0 Å². The van der Waals surface area contributed by atoms with E-state index in [2.05, 4.69) is 19.2 Å². The van der Waals surface area contributed by atoms with E-state index < -0.39 is 5.92 Å². The highest BCUT2D eigenvalue weighted by Gasteiger charge is 2.62. The lowest BCUT2D eigenvalue weighted by atomic mass is 9.80. The Morgan fingerprint density at radius 2 is 2.00 bits per heavy atom. The van der Waals surface area contributed by atoms with Crippen LogP contribution in [-0.2, 0) is 0 Å². The van der Waals surface area contributed by atoms with Gasteiger partial charge in [0, 0.05) is 24.4 Å². The first-order valence-electron chi connectivity index (χ1n) is 4.62. The van der Waals surface area contributed by atoms with Crippen LogP contribution in [0.5, 0.6) is 0 Å². The van der Waals surface area contributed by atoms with E-state index in [0.29, 0.717) is 12.3 Å². The first-order valence-corrected chi connectivity index (χ1v) is 4.62. The molecule has 2 rings (SSSR count). The Morgan fingerprint density at radius 3 is 2.50 bits per heavy atom. The van der Waals surface area contributed by atoms with E-state index in [9.17, 15) is 8.78 Å². The maximum absolute atomic E-state index is 12.9. The minimum absolute atomic E-state index is 0.0468. The lowest BCUT2D eigenvalue weighted by molar-refractivity contribution is -0.0350. The zero-order chi connectivity index (χ0) is 8.98. The van der Waals surface area contributed by atoms with E-state index in [1.165, 1.54) is 0 Å². The van der Waals surface area contributed by atoms with Crippen LogP contribution in [0.15, 0.2) is 0 Å². The van der Waals surface area contributed by atoms with E-state index in [-0.39, 0.29) is 24.4 Å². The van der Waals surface area contributed by atoms with E-state index in [1.54, 1.807) is 0 Å². The van der Waals surface area contributed by atoms with Crippen LogP contribution in [0.1, 0.15) is 33.1 Å². The summed E-state index contributed by atoms with van der Waals surface area (Å²) in [6.45, 7) is 4.22. The van der Waals surface area contributed by atoms with Crippen molar-refractivity contribution in [3.63, 3.8) is 0 Å². The average Bonchev–Trinajstić information content (AvgIpc) is 2.60. The Balaban J connectivity index is 2.05. The highest BCUT2D eigenvalue weighted by Crippen LogP contribution is 2.50. The molecule has 0 bridgehead atoms. The van der Waals surface area contributed by atoms with Gasteiger partial charge in [0.2, 0.25) is 5.92 Å². The molecule has 1 heterocycles. The predicted molar refractivity (Wildman–Crippen MR) is 43.3 cm³/mol. The Kier molecular flexibility index (Phi) is 1.54. The van der Waals surface area contributed by atoms with Crippen LogP contribution in [0.25, 0.3) is 0 Å². The second-order valence-electron chi connectivity index (χ2n) is 4.45. The molecule has 1 aliphatic carbocycles. The first-order chi connectivity index (χ1) is 5.46. The smallest absolute Gasteiger partial charge is 0.249 e. The van der Waals surface area contributed by atoms with E-state index in [0.717, 1.165) is 0 Å². The molecule has 12 heavy (non-hydrogen) atoms. The summed E-state index contributed by atoms with van der Waals surface area (Å²) in [4.78, 5) is 0. The molecule has 0 aromatic rings. The van der Waals surface area contributed by atoms with Crippen LogP contribution in [0.3, 0.4) is 0 Å². The number of nitrogens with one attached hydrogen (secondary N) is 1. The molecule has 2 atom stereocenters. The van der Waals surface area contributed by atoms with Crippen molar-refractivity contribution in [2.45, 2.75) is 50.6 Å². The van der Waals surface area contributed by atoms with Gasteiger partial charge in [-0.15, -0.1) is 0 Å². The molecule has 0 aromatic heterocycles. The lowest BCUT2D eigenvalue weighted by Crippen LogP contribution is -2.35. The summed E-state index contributed by atoms with van der Waals surface area (Å²) in [5, 5.41) is 3.22. The zero-order valence-corrected chi connectivity index (χ0v) is 7.53. The molecule has 0 aromatic carbocycles. The monoisotopic (exact) mass is 175 g/mol. The molecular weight excluding hydrogens is 160 g/mol. The van der Waals surface area contributed by atoms with Crippen LogP contribution in [0, 0.1) is 5.92 Å². The molecule has 1 saturated heterocycles. The maximum atomic E-state index is 12.9. The van der Waals surface area contributed by atoms with Crippen molar-refractivity contribution < 1.29 is 8.78 Å². The van der Waals surface area contributed by atoms with Crippen molar-refractivity contribution in [3.05, 3.63) is 0 Å². The van der Waals surface area contributed by atoms with Crippen LogP contribution < -0.4 is 5.32 Å². The molecule has 3 heteroatoms. The molecule has 1 nitrogen and oxygen atoms in total. The molecule has 2 unspecified atom stereocenters. The van der Waals surface area contributed by atoms with Gasteiger partial charge in [0.1, 0.15) is 0 Å². The van der Waals surface area contributed by atoms with Crippen LogP contribution in [0.4, 0.5) is 8.78 Å². The predicted octanol–water partition coefficient (Wildman–Crippen LogP) is 2.17. The number of alkyl halides is 2. The third-order valence-electron chi connectivity index (χ3n) is 3.42. The number of halogens is 2. The summed E-state index contributed by atoms with van der Waals surface area (Å²) >= 11 is 0. The lowest BCUT2D eigenvalue weighted by Gasteiger charge is -2.28. The molecule has 0 radical (unpaired) electrons. The normalized spacial score (nSPS) is 44.2. The summed E-state index contributed by atoms with van der Waals surface area (Å²) in [5.74, 6) is -1.93. The van der Waals surface area contributed by atoms with E-state index in [4.69, 9.17) is 0 Å². The fourth-order valence-corrected chi connectivity index (χ4v) is 2.41. The second kappa shape index (κ2) is 2.19. The number of hydrogen-bond acceptors (Lipinski definition) is 1. The minimum Gasteiger partial charge on any atom is -0.305 e. The topological polar surface area (TPSA) is 21.9 Å². The third kappa shape index (κ3) is 1.06. The first kappa shape index (κ1) is 8.42. The van der Waals surface area contributed by atoms with Crippen molar-refractivity contribution in [1.29, 1.82) is 0 Å². The van der Waals surface area contributed by atoms with Gasteiger partial charge in [-0.3, -0.25) is 0 Å². The maximum Gasteiger partial charge on any atom is 0.249 e. The highest BCUT2D eigenvalue weighted by atomic mass is 19.3. The van der Waals surface area contributed by atoms with Gasteiger partial charge in [-0.2, -0.15) is 0 Å². The molecular formula is C9H15F2N. The number of rotatable bonds is 1. The van der Waals surface area contributed by atoms with Crippen molar-refractivity contribution in [2.75, 3.05) is 0 Å². The summed E-state index contributed by atoms with van der Waals surface area (Å²) in [7, 11) is 0. The van der Waals surface area contributed by atoms with Crippen molar-refractivity contribution in [2.24, 2.45) is 5.92 Å². The fraction of sp³-hybridized carbons (Fsp3) is 1.00. The largest absolute Gasteiger partial charge is 0.305 e. The second-order valence-corrected chi connectivity index (χ2v) is 4.45. The summed E-state index contributed by atoms with van der Waals surface area (Å²) in [6, 6.07) is 0.0845. The molecule has 2 fully saturated rings. The van der Waals surface area contributed by atoms with Gasteiger partial charge in [-0.05, 0) is 12.3 Å². The third-order valence-corrected chi connectivity index (χ3v) is 3.42. The minimum atomic E-state index is -2.41. The van der Waals surface area contributed by atoms with Gasteiger partial charge >= 0.3 is 0 Å². The molecule has 1 N–H and O–H groups in total. The molecule has 0 spiro atoms. The summed E-state index contributed by atoms with van der Waals surface area (Å²) in [5.41, 5.74) is 0.0711. The van der Waals surface area contributed by atoms with E-state index >= 15 is 0 Å². The molecule has 0 amide bonds. The number of hydrogen-bond donors (Lipinski definition) is 1. The van der Waals surface area contributed by atoms with Crippen molar-refractivity contribution >= 4 is 0 Å². The zero-order valence-electron chi connectivity index (χ0n) is 7.53. The van der Waals surface area contributed by atoms with Crippen molar-refractivity contribution in [3.8, 4) is 0 Å². The van der Waals surface area contributed by atoms with Gasteiger partial charge in [0.05, 0.1) is 0 Å². The fourth-order valence-electron chi connectivity index (χ4n) is 2.41. The Hall–Kier alpha value is -0.180. The average molecular weight is 175 g/mol. The molecule has 70 valence electrons. The summed E-state index contributed by atoms with van der Waals surface area (Å²) in [6.07, 6.45) is 0.752. The van der Waals surface area contributed by atoms with Crippen LogP contribution >= 0.6 is 0 Å². The highest BCUT2D eigenvalue weighted by molar-refractivity contribution is 5.19. The Labute approximate surface area is 71.5 Å². The Bertz CT molecular complexity index is 203. The van der Waals surface area contributed by atoms with E-state index in [1.807, 2.05) is 0 Å². The molecule has 1 saturated carbocycles. The van der Waals surface area contributed by atoms with Gasteiger partial charge in [0.25, 0.3) is 0 Å². The van der Waals surface area contributed by atoms with Gasteiger partial charge in [-0.25, -0.2) is 8.78 Å². The van der Waals surface area contributed by atoms with Gasteiger partial charge in [-0.1, -0.05) is 13.8 Å². The van der Waals surface area contributed by atoms with Crippen LogP contribution in [-0.4, -0.2) is 17.5 Å². The number of fused-ring (bicyclic) bond motifs is 1. The molecule has 1 aliphatic heterocycles. The van der Waals surface area contributed by atoms with Gasteiger partial charge < -0.3 is 5.32 Å². The SMILES string of the molecule is CC(C)C12CCC(F)(F)CC1N2. The quantitative estimate of drug-likeness (QED) is 0.606. The van der Waals surface area contributed by atoms with Crippen LogP contribution in [0.2, 0.25) is 0 Å². The Morgan fingerprint density at radius 1 is 1.33 bits per heavy atom. The van der Waals surface area contributed by atoms with Crippen molar-refractivity contribution in [1.82, 2.24) is 5.32 Å². The summed E-state index contributed by atoms with van der Waals surface area (Å²) < 4.78 is 25.7. The molecule has 2 aliphatic rings. The standard InChI is InChI=1S/C9H15F2N/c1-6(2)9-4-3-8(10,11)5-7(9)12-9/h6-7,12H,3-5H2,1-2H3.